The lowest BCUT2D eigenvalue weighted by Crippen LogP contribution is -2.34. The maximum atomic E-state index is 13.0. The SMILES string of the molecule is C=CCn1c(SCC(=O)Nc2ccc(Br)c(C)c2C)nnc1[C@@H](NC(=O)c1ccccc1Cl)C(C)C. The van der Waals surface area contributed by atoms with E-state index < -0.39 is 6.04 Å². The number of halogens is 2. The molecule has 2 N–H and O–H groups in total. The summed E-state index contributed by atoms with van der Waals surface area (Å²) in [5.41, 5.74) is 3.25. The van der Waals surface area contributed by atoms with Crippen LogP contribution in [-0.2, 0) is 11.3 Å². The minimum atomic E-state index is -0.419. The number of carbonyl (C=O) groups is 2. The first-order valence-electron chi connectivity index (χ1n) is 11.4. The van der Waals surface area contributed by atoms with Crippen LogP contribution in [0.3, 0.4) is 0 Å². The number of thioether (sulfide) groups is 1. The summed E-state index contributed by atoms with van der Waals surface area (Å²) in [5.74, 6) is 0.331. The van der Waals surface area contributed by atoms with Gasteiger partial charge in [0.15, 0.2) is 11.0 Å². The third kappa shape index (κ3) is 6.57. The van der Waals surface area contributed by atoms with Gasteiger partial charge in [-0.1, -0.05) is 71.3 Å². The van der Waals surface area contributed by atoms with Gasteiger partial charge < -0.3 is 15.2 Å². The Kier molecular flexibility index (Phi) is 9.76. The lowest BCUT2D eigenvalue weighted by Gasteiger charge is -2.23. The number of nitrogens with one attached hydrogen (secondary N) is 2. The first-order valence-corrected chi connectivity index (χ1v) is 13.6. The van der Waals surface area contributed by atoms with Crippen molar-refractivity contribution < 1.29 is 9.59 Å². The van der Waals surface area contributed by atoms with Crippen LogP contribution in [0.2, 0.25) is 5.02 Å². The quantitative estimate of drug-likeness (QED) is 0.212. The molecule has 2 aromatic carbocycles. The summed E-state index contributed by atoms with van der Waals surface area (Å²) < 4.78 is 2.87. The molecule has 36 heavy (non-hydrogen) atoms. The van der Waals surface area contributed by atoms with Gasteiger partial charge in [0.1, 0.15) is 0 Å². The molecule has 1 aromatic heterocycles. The monoisotopic (exact) mass is 589 g/mol. The van der Waals surface area contributed by atoms with Crippen molar-refractivity contribution in [2.45, 2.75) is 45.4 Å². The van der Waals surface area contributed by atoms with Crippen molar-refractivity contribution in [3.8, 4) is 0 Å². The molecule has 0 aliphatic carbocycles. The van der Waals surface area contributed by atoms with Gasteiger partial charge in [-0.05, 0) is 55.2 Å². The van der Waals surface area contributed by atoms with Gasteiger partial charge in [0.25, 0.3) is 5.91 Å². The molecule has 3 rings (SSSR count). The molecule has 0 fully saturated rings. The number of anilines is 1. The second kappa shape index (κ2) is 12.6. The summed E-state index contributed by atoms with van der Waals surface area (Å²) in [6, 6.07) is 10.3. The standard InChI is InChI=1S/C26H29BrClN5O2S/c1-6-13-33-24(23(15(2)3)30-25(35)18-9-7-8-10-20(18)28)31-32-26(33)36-14-22(34)29-21-12-11-19(27)16(4)17(21)5/h6-12,15,23H,1,13-14H2,2-5H3,(H,29,34)(H,30,35)/t23-/m0/s1. The highest BCUT2D eigenvalue weighted by Gasteiger charge is 2.27. The van der Waals surface area contributed by atoms with Gasteiger partial charge in [0.05, 0.1) is 22.4 Å². The number of benzene rings is 2. The van der Waals surface area contributed by atoms with Crippen LogP contribution in [0.4, 0.5) is 5.69 Å². The zero-order valence-corrected chi connectivity index (χ0v) is 23.8. The predicted molar refractivity (Wildman–Crippen MR) is 150 cm³/mol. The lowest BCUT2D eigenvalue weighted by atomic mass is 10.0. The number of carbonyl (C=O) groups excluding carboxylic acids is 2. The molecule has 7 nitrogen and oxygen atoms in total. The van der Waals surface area contributed by atoms with E-state index in [-0.39, 0.29) is 23.5 Å². The second-order valence-electron chi connectivity index (χ2n) is 8.60. The molecule has 0 aliphatic heterocycles. The molecule has 0 aliphatic rings. The van der Waals surface area contributed by atoms with E-state index in [9.17, 15) is 9.59 Å². The number of hydrogen-bond donors (Lipinski definition) is 2. The van der Waals surface area contributed by atoms with E-state index in [1.165, 1.54) is 11.8 Å². The number of allylic oxidation sites excluding steroid dienone is 1. The number of amides is 2. The Bertz CT molecular complexity index is 1280. The second-order valence-corrected chi connectivity index (χ2v) is 10.8. The highest BCUT2D eigenvalue weighted by Crippen LogP contribution is 2.28. The Labute approximate surface area is 229 Å². The number of hydrogen-bond acceptors (Lipinski definition) is 5. The molecule has 1 atom stereocenters. The van der Waals surface area contributed by atoms with E-state index in [0.29, 0.717) is 28.1 Å². The van der Waals surface area contributed by atoms with Crippen molar-refractivity contribution in [3.63, 3.8) is 0 Å². The Morgan fingerprint density at radius 2 is 1.89 bits per heavy atom. The molecule has 0 radical (unpaired) electrons. The maximum Gasteiger partial charge on any atom is 0.253 e. The molecule has 2 amide bonds. The maximum absolute atomic E-state index is 13.0. The summed E-state index contributed by atoms with van der Waals surface area (Å²) in [6.45, 7) is 12.2. The van der Waals surface area contributed by atoms with Crippen LogP contribution in [0.25, 0.3) is 0 Å². The third-order valence-electron chi connectivity index (χ3n) is 5.73. The smallest absolute Gasteiger partial charge is 0.253 e. The van der Waals surface area contributed by atoms with Crippen molar-refractivity contribution in [3.05, 3.63) is 81.1 Å². The van der Waals surface area contributed by atoms with Crippen molar-refractivity contribution >= 4 is 56.8 Å². The number of nitrogens with zero attached hydrogens (tertiary/aromatic N) is 3. The Hall–Kier alpha value is -2.62. The van der Waals surface area contributed by atoms with Gasteiger partial charge in [0.2, 0.25) is 5.91 Å². The van der Waals surface area contributed by atoms with Crippen LogP contribution in [0, 0.1) is 19.8 Å². The molecule has 0 unspecified atom stereocenters. The van der Waals surface area contributed by atoms with Crippen LogP contribution < -0.4 is 10.6 Å². The van der Waals surface area contributed by atoms with Crippen molar-refractivity contribution in [1.29, 1.82) is 0 Å². The number of aromatic nitrogens is 3. The van der Waals surface area contributed by atoms with Gasteiger partial charge in [-0.25, -0.2) is 0 Å². The van der Waals surface area contributed by atoms with Crippen molar-refractivity contribution in [2.75, 3.05) is 11.1 Å². The van der Waals surface area contributed by atoms with E-state index in [1.807, 2.05) is 44.4 Å². The van der Waals surface area contributed by atoms with Gasteiger partial charge in [-0.3, -0.25) is 9.59 Å². The van der Waals surface area contributed by atoms with E-state index in [4.69, 9.17) is 11.6 Å². The largest absolute Gasteiger partial charge is 0.342 e. The van der Waals surface area contributed by atoms with Crippen LogP contribution in [0.15, 0.2) is 58.7 Å². The fraction of sp³-hybridized carbons (Fsp3) is 0.308. The highest BCUT2D eigenvalue weighted by molar-refractivity contribution is 9.10. The molecule has 3 aromatic rings. The summed E-state index contributed by atoms with van der Waals surface area (Å²) in [5, 5.41) is 15.7. The van der Waals surface area contributed by atoms with E-state index >= 15 is 0 Å². The van der Waals surface area contributed by atoms with Crippen molar-refractivity contribution in [1.82, 2.24) is 20.1 Å². The molecule has 1 heterocycles. The van der Waals surface area contributed by atoms with Crippen LogP contribution in [0.1, 0.15) is 47.2 Å². The highest BCUT2D eigenvalue weighted by atomic mass is 79.9. The molecule has 190 valence electrons. The minimum Gasteiger partial charge on any atom is -0.342 e. The first kappa shape index (κ1) is 28.0. The summed E-state index contributed by atoms with van der Waals surface area (Å²) in [6.07, 6.45) is 1.73. The first-order chi connectivity index (χ1) is 17.1. The molecular weight excluding hydrogens is 562 g/mol. The summed E-state index contributed by atoms with van der Waals surface area (Å²) in [4.78, 5) is 25.7. The zero-order valence-electron chi connectivity index (χ0n) is 20.6. The molecule has 10 heteroatoms. The van der Waals surface area contributed by atoms with Gasteiger partial charge in [0, 0.05) is 16.7 Å². The molecular formula is C26H29BrClN5O2S. The Balaban J connectivity index is 1.77. The fourth-order valence-corrected chi connectivity index (χ4v) is 4.98. The third-order valence-corrected chi connectivity index (χ3v) is 7.89. The Morgan fingerprint density at radius 1 is 1.17 bits per heavy atom. The molecule has 0 saturated carbocycles. The molecule has 0 spiro atoms. The topological polar surface area (TPSA) is 88.9 Å². The van der Waals surface area contributed by atoms with Crippen LogP contribution in [0.5, 0.6) is 0 Å². The summed E-state index contributed by atoms with van der Waals surface area (Å²) in [7, 11) is 0. The number of rotatable bonds is 10. The zero-order chi connectivity index (χ0) is 26.4. The average molecular weight is 591 g/mol. The van der Waals surface area contributed by atoms with E-state index in [1.54, 1.807) is 30.3 Å². The van der Waals surface area contributed by atoms with Crippen LogP contribution >= 0.6 is 39.3 Å². The minimum absolute atomic E-state index is 0.0222. The van der Waals surface area contributed by atoms with Gasteiger partial charge >= 0.3 is 0 Å². The fourth-order valence-electron chi connectivity index (χ4n) is 3.57. The van der Waals surface area contributed by atoms with E-state index in [2.05, 4.69) is 43.3 Å². The van der Waals surface area contributed by atoms with Crippen molar-refractivity contribution in [2.24, 2.45) is 5.92 Å². The molecule has 0 saturated heterocycles. The normalized spacial score (nSPS) is 11.9. The van der Waals surface area contributed by atoms with Gasteiger partial charge in [-0.15, -0.1) is 16.8 Å². The van der Waals surface area contributed by atoms with E-state index in [0.717, 1.165) is 21.3 Å². The predicted octanol–water partition coefficient (Wildman–Crippen LogP) is 6.35. The lowest BCUT2D eigenvalue weighted by molar-refractivity contribution is -0.113. The average Bonchev–Trinajstić information content (AvgIpc) is 3.23. The molecule has 0 bridgehead atoms. The van der Waals surface area contributed by atoms with Gasteiger partial charge in [-0.2, -0.15) is 0 Å². The summed E-state index contributed by atoms with van der Waals surface area (Å²) >= 11 is 11.0. The Morgan fingerprint density at radius 3 is 2.56 bits per heavy atom. The van der Waals surface area contributed by atoms with Crippen LogP contribution in [-0.4, -0.2) is 32.3 Å².